The van der Waals surface area contributed by atoms with Crippen molar-refractivity contribution in [1.29, 1.82) is 0 Å². The van der Waals surface area contributed by atoms with Crippen molar-refractivity contribution in [3.05, 3.63) is 81.8 Å². The zero-order chi connectivity index (χ0) is 24.8. The summed E-state index contributed by atoms with van der Waals surface area (Å²) in [5.41, 5.74) is 1.03. The Morgan fingerprint density at radius 3 is 2.54 bits per heavy atom. The summed E-state index contributed by atoms with van der Waals surface area (Å²) in [5, 5.41) is 13.5. The molecule has 1 aliphatic heterocycles. The van der Waals surface area contributed by atoms with Crippen molar-refractivity contribution in [2.75, 3.05) is 13.2 Å². The van der Waals surface area contributed by atoms with Crippen LogP contribution in [-0.4, -0.2) is 46.2 Å². The third kappa shape index (κ3) is 5.35. The van der Waals surface area contributed by atoms with Crippen LogP contribution >= 0.6 is 0 Å². The molecule has 2 aromatic carbocycles. The predicted molar refractivity (Wildman–Crippen MR) is 124 cm³/mol. The number of aromatic nitrogens is 3. The molecule has 180 valence electrons. The van der Waals surface area contributed by atoms with Crippen molar-refractivity contribution >= 4 is 28.9 Å². The summed E-state index contributed by atoms with van der Waals surface area (Å²) in [4.78, 5) is 50.0. The molecule has 0 bridgehead atoms. The van der Waals surface area contributed by atoms with Gasteiger partial charge in [-0.2, -0.15) is 0 Å². The number of nitrogens with one attached hydrogen (secondary N) is 2. The van der Waals surface area contributed by atoms with Crippen LogP contribution < -0.4 is 16.2 Å². The zero-order valence-electron chi connectivity index (χ0n) is 18.9. The van der Waals surface area contributed by atoms with E-state index in [1.54, 1.807) is 55.5 Å². The largest absolute Gasteiger partial charge is 0.463 e. The van der Waals surface area contributed by atoms with Gasteiger partial charge in [-0.25, -0.2) is 14.3 Å². The van der Waals surface area contributed by atoms with E-state index in [1.165, 1.54) is 0 Å². The number of hydrogen-bond acceptors (Lipinski definition) is 8. The molecule has 1 unspecified atom stereocenters. The Morgan fingerprint density at radius 1 is 1.03 bits per heavy atom. The number of fused-ring (bicyclic) bond motifs is 1. The van der Waals surface area contributed by atoms with Crippen LogP contribution in [0.1, 0.15) is 24.9 Å². The Hall–Kier alpha value is -4.54. The average Bonchev–Trinajstić information content (AvgIpc) is 2.87. The highest BCUT2D eigenvalue weighted by Crippen LogP contribution is 2.27. The summed E-state index contributed by atoms with van der Waals surface area (Å²) in [6, 6.07) is 14.4. The molecule has 2 heterocycles. The number of aryl methyl sites for hydroxylation is 1. The van der Waals surface area contributed by atoms with E-state index in [2.05, 4.69) is 20.9 Å². The highest BCUT2D eigenvalue weighted by atomic mass is 16.5. The van der Waals surface area contributed by atoms with Crippen molar-refractivity contribution in [2.45, 2.75) is 25.9 Å². The number of benzene rings is 2. The van der Waals surface area contributed by atoms with Gasteiger partial charge >= 0.3 is 18.0 Å². The van der Waals surface area contributed by atoms with Gasteiger partial charge in [0.25, 0.3) is 5.56 Å². The van der Waals surface area contributed by atoms with Crippen LogP contribution in [0.5, 0.6) is 0 Å². The first-order valence-corrected chi connectivity index (χ1v) is 11.0. The van der Waals surface area contributed by atoms with Gasteiger partial charge in [-0.05, 0) is 24.6 Å². The Bertz CT molecular complexity index is 1350. The monoisotopic (exact) mass is 477 g/mol. The molecule has 3 aromatic rings. The van der Waals surface area contributed by atoms with Crippen molar-refractivity contribution in [3.8, 4) is 0 Å². The van der Waals surface area contributed by atoms with Crippen LogP contribution in [0.15, 0.2) is 70.7 Å². The standard InChI is InChI=1S/C24H23N5O6/c1-2-34-23(32)20-18(25-24(33)26-21(20)15-8-4-3-5-9-15)14-35-19(30)12-13-29-22(31)16-10-6-7-11-17(16)27-28-29/h3-11,21H,2,12-14H2,1H3,(H2,25,26,33). The molecule has 0 saturated heterocycles. The molecule has 0 fully saturated rings. The van der Waals surface area contributed by atoms with Crippen molar-refractivity contribution in [3.63, 3.8) is 0 Å². The van der Waals surface area contributed by atoms with Crippen LogP contribution in [0, 0.1) is 0 Å². The number of rotatable bonds is 8. The van der Waals surface area contributed by atoms with Gasteiger partial charge in [-0.3, -0.25) is 9.59 Å². The van der Waals surface area contributed by atoms with Crippen molar-refractivity contribution in [1.82, 2.24) is 25.6 Å². The number of esters is 2. The van der Waals surface area contributed by atoms with Gasteiger partial charge in [-0.15, -0.1) is 5.10 Å². The summed E-state index contributed by atoms with van der Waals surface area (Å²) >= 11 is 0. The molecule has 1 atom stereocenters. The molecule has 2 amide bonds. The maximum absolute atomic E-state index is 12.7. The SMILES string of the molecule is CCOC(=O)C1=C(COC(=O)CCn2nnc3ccccc3c2=O)NC(=O)NC1c1ccccc1. The molecule has 0 spiro atoms. The van der Waals surface area contributed by atoms with E-state index in [0.717, 1.165) is 4.68 Å². The predicted octanol–water partition coefficient (Wildman–Crippen LogP) is 1.60. The quantitative estimate of drug-likeness (QED) is 0.466. The second kappa shape index (κ2) is 10.6. The number of urea groups is 1. The van der Waals surface area contributed by atoms with Gasteiger partial charge in [0.15, 0.2) is 0 Å². The van der Waals surface area contributed by atoms with E-state index in [-0.39, 0.29) is 43.0 Å². The van der Waals surface area contributed by atoms with Gasteiger partial charge in [0.2, 0.25) is 0 Å². The van der Waals surface area contributed by atoms with Crippen LogP contribution in [0.4, 0.5) is 4.79 Å². The van der Waals surface area contributed by atoms with Crippen LogP contribution in [-0.2, 0) is 25.6 Å². The van der Waals surface area contributed by atoms with Crippen LogP contribution in [0.25, 0.3) is 10.9 Å². The smallest absolute Gasteiger partial charge is 0.338 e. The van der Waals surface area contributed by atoms with E-state index in [1.807, 2.05) is 6.07 Å². The first-order valence-electron chi connectivity index (χ1n) is 11.0. The maximum atomic E-state index is 12.7. The van der Waals surface area contributed by atoms with Gasteiger partial charge in [0.05, 0.1) is 42.3 Å². The summed E-state index contributed by atoms with van der Waals surface area (Å²) in [6.45, 7) is 1.40. The molecule has 0 saturated carbocycles. The number of hydrogen-bond donors (Lipinski definition) is 2. The fraction of sp³-hybridized carbons (Fsp3) is 0.250. The van der Waals surface area contributed by atoms with Crippen molar-refractivity contribution < 1.29 is 23.9 Å². The summed E-state index contributed by atoms with van der Waals surface area (Å²) in [7, 11) is 0. The topological polar surface area (TPSA) is 142 Å². The minimum Gasteiger partial charge on any atom is -0.463 e. The molecule has 0 radical (unpaired) electrons. The summed E-state index contributed by atoms with van der Waals surface area (Å²) < 4.78 is 11.6. The number of carbonyl (C=O) groups is 3. The van der Waals surface area contributed by atoms with Gasteiger partial charge in [-0.1, -0.05) is 47.7 Å². The lowest BCUT2D eigenvalue weighted by atomic mass is 9.95. The third-order valence-electron chi connectivity index (χ3n) is 5.32. The van der Waals surface area contributed by atoms with Crippen molar-refractivity contribution in [2.24, 2.45) is 0 Å². The second-order valence-corrected chi connectivity index (χ2v) is 7.60. The number of nitrogens with zero attached hydrogens (tertiary/aromatic N) is 3. The fourth-order valence-electron chi connectivity index (χ4n) is 3.67. The highest BCUT2D eigenvalue weighted by Gasteiger charge is 2.34. The van der Waals surface area contributed by atoms with Gasteiger partial charge in [0, 0.05) is 0 Å². The normalized spacial score (nSPS) is 15.3. The van der Waals surface area contributed by atoms with Crippen LogP contribution in [0.2, 0.25) is 0 Å². The van der Waals surface area contributed by atoms with E-state index in [9.17, 15) is 19.2 Å². The molecule has 4 rings (SSSR count). The minimum absolute atomic E-state index is 0.0418. The highest BCUT2D eigenvalue weighted by molar-refractivity contribution is 5.95. The van der Waals surface area contributed by atoms with E-state index in [0.29, 0.717) is 16.5 Å². The second-order valence-electron chi connectivity index (χ2n) is 7.60. The molecular weight excluding hydrogens is 454 g/mol. The third-order valence-corrected chi connectivity index (χ3v) is 5.32. The Balaban J connectivity index is 1.49. The first-order chi connectivity index (χ1) is 17.0. The lowest BCUT2D eigenvalue weighted by Crippen LogP contribution is -2.47. The summed E-state index contributed by atoms with van der Waals surface area (Å²) in [5.74, 6) is -1.29. The van der Waals surface area contributed by atoms with E-state index < -0.39 is 24.0 Å². The zero-order valence-corrected chi connectivity index (χ0v) is 18.9. The molecule has 0 aliphatic carbocycles. The average molecular weight is 477 g/mol. The Kier molecular flexibility index (Phi) is 7.15. The Labute approximate surface area is 199 Å². The van der Waals surface area contributed by atoms with Crippen LogP contribution in [0.3, 0.4) is 0 Å². The first kappa shape index (κ1) is 23.6. The molecule has 1 aliphatic rings. The van der Waals surface area contributed by atoms with E-state index >= 15 is 0 Å². The van der Waals surface area contributed by atoms with Gasteiger partial charge < -0.3 is 20.1 Å². The molecule has 1 aromatic heterocycles. The Morgan fingerprint density at radius 2 is 1.77 bits per heavy atom. The maximum Gasteiger partial charge on any atom is 0.338 e. The molecule has 11 heteroatoms. The molecule has 2 N–H and O–H groups in total. The number of amides is 2. The number of ether oxygens (including phenoxy) is 2. The lowest BCUT2D eigenvalue weighted by Gasteiger charge is -2.29. The lowest BCUT2D eigenvalue weighted by molar-refractivity contribution is -0.144. The van der Waals surface area contributed by atoms with E-state index in [4.69, 9.17) is 9.47 Å². The molecule has 35 heavy (non-hydrogen) atoms. The number of carbonyl (C=O) groups excluding carboxylic acids is 3. The molecule has 11 nitrogen and oxygen atoms in total. The summed E-state index contributed by atoms with van der Waals surface area (Å²) in [6.07, 6.45) is -0.163. The minimum atomic E-state index is -0.774. The fourth-order valence-corrected chi connectivity index (χ4v) is 3.67. The van der Waals surface area contributed by atoms with Gasteiger partial charge in [0.1, 0.15) is 12.1 Å². The molecular formula is C24H23N5O6.